The van der Waals surface area contributed by atoms with E-state index < -0.39 is 5.54 Å². The van der Waals surface area contributed by atoms with Crippen LogP contribution in [0.15, 0.2) is 30.3 Å². The Hall–Kier alpha value is -1.42. The summed E-state index contributed by atoms with van der Waals surface area (Å²) in [7, 11) is 0. The van der Waals surface area contributed by atoms with E-state index in [1.54, 1.807) is 0 Å². The van der Waals surface area contributed by atoms with E-state index in [4.69, 9.17) is 12.2 Å². The van der Waals surface area contributed by atoms with Crippen LogP contribution in [0.4, 0.5) is 0 Å². The number of hydrogen-bond acceptors (Lipinski definition) is 2. The largest absolute Gasteiger partial charge is 0.344 e. The molecule has 0 radical (unpaired) electrons. The lowest BCUT2D eigenvalue weighted by molar-refractivity contribution is -0.124. The van der Waals surface area contributed by atoms with Gasteiger partial charge in [0.2, 0.25) is 0 Å². The molecule has 2 rings (SSSR count). The average molecular weight is 220 g/mol. The van der Waals surface area contributed by atoms with Gasteiger partial charge in [-0.3, -0.25) is 4.79 Å². The molecule has 1 aliphatic rings. The average Bonchev–Trinajstić information content (AvgIpc) is 2.56. The van der Waals surface area contributed by atoms with Crippen molar-refractivity contribution in [1.29, 1.82) is 0 Å². The zero-order chi connectivity index (χ0) is 10.9. The van der Waals surface area contributed by atoms with Crippen molar-refractivity contribution in [3.8, 4) is 0 Å². The third kappa shape index (κ3) is 1.51. The molecule has 0 aromatic heterocycles. The van der Waals surface area contributed by atoms with Gasteiger partial charge in [0.05, 0.1) is 0 Å². The number of amides is 1. The molecule has 78 valence electrons. The highest BCUT2D eigenvalue weighted by atomic mass is 32.1. The van der Waals surface area contributed by atoms with Gasteiger partial charge >= 0.3 is 0 Å². The minimum Gasteiger partial charge on any atom is -0.344 e. The van der Waals surface area contributed by atoms with Crippen molar-refractivity contribution in [2.45, 2.75) is 18.9 Å². The molecule has 3 nitrogen and oxygen atoms in total. The Morgan fingerprint density at radius 2 is 2.00 bits per heavy atom. The predicted molar refractivity (Wildman–Crippen MR) is 62.3 cm³/mol. The monoisotopic (exact) mass is 220 g/mol. The van der Waals surface area contributed by atoms with Crippen molar-refractivity contribution in [3.63, 3.8) is 0 Å². The molecule has 1 aromatic carbocycles. The molecule has 1 aromatic rings. The van der Waals surface area contributed by atoms with Crippen LogP contribution in [0.1, 0.15) is 18.9 Å². The van der Waals surface area contributed by atoms with Crippen LogP contribution in [0.2, 0.25) is 0 Å². The van der Waals surface area contributed by atoms with E-state index in [9.17, 15) is 4.79 Å². The molecule has 0 saturated carbocycles. The summed E-state index contributed by atoms with van der Waals surface area (Å²) in [6.45, 7) is 1.97. The molecule has 1 saturated heterocycles. The molecule has 1 heterocycles. The molecular weight excluding hydrogens is 208 g/mol. The predicted octanol–water partition coefficient (Wildman–Crippen LogP) is 1.30. The van der Waals surface area contributed by atoms with E-state index >= 15 is 0 Å². The van der Waals surface area contributed by atoms with Crippen molar-refractivity contribution in [3.05, 3.63) is 35.9 Å². The Morgan fingerprint density at radius 1 is 1.33 bits per heavy atom. The molecule has 0 aliphatic carbocycles. The maximum Gasteiger partial charge on any atom is 0.256 e. The van der Waals surface area contributed by atoms with Gasteiger partial charge in [0.1, 0.15) is 5.54 Å². The Morgan fingerprint density at radius 3 is 2.47 bits per heavy atom. The second-order valence-corrected chi connectivity index (χ2v) is 3.94. The Labute approximate surface area is 93.9 Å². The van der Waals surface area contributed by atoms with Gasteiger partial charge in [-0.1, -0.05) is 37.3 Å². The Kier molecular flexibility index (Phi) is 2.44. The highest BCUT2D eigenvalue weighted by molar-refractivity contribution is 7.80. The van der Waals surface area contributed by atoms with Crippen molar-refractivity contribution in [2.75, 3.05) is 0 Å². The van der Waals surface area contributed by atoms with Gasteiger partial charge in [-0.2, -0.15) is 0 Å². The normalized spacial score (nSPS) is 24.9. The molecule has 1 amide bonds. The zero-order valence-electron chi connectivity index (χ0n) is 8.41. The Balaban J connectivity index is 2.47. The second-order valence-electron chi connectivity index (χ2n) is 3.53. The van der Waals surface area contributed by atoms with Crippen LogP contribution in [0.3, 0.4) is 0 Å². The van der Waals surface area contributed by atoms with Gasteiger partial charge in [-0.05, 0) is 24.2 Å². The van der Waals surface area contributed by atoms with E-state index in [0.717, 1.165) is 5.56 Å². The number of thiocarbonyl (C=S) groups is 1. The highest BCUT2D eigenvalue weighted by Crippen LogP contribution is 2.27. The van der Waals surface area contributed by atoms with Gasteiger partial charge in [0.15, 0.2) is 5.11 Å². The Bertz CT molecular complexity index is 404. The van der Waals surface area contributed by atoms with Crippen LogP contribution in [0, 0.1) is 0 Å². The second kappa shape index (κ2) is 3.62. The third-order valence-corrected chi connectivity index (χ3v) is 2.94. The van der Waals surface area contributed by atoms with Crippen molar-refractivity contribution in [2.24, 2.45) is 0 Å². The molecule has 0 bridgehead atoms. The topological polar surface area (TPSA) is 41.1 Å². The summed E-state index contributed by atoms with van der Waals surface area (Å²) in [4.78, 5) is 11.9. The molecule has 1 aliphatic heterocycles. The quantitative estimate of drug-likeness (QED) is 0.738. The molecule has 1 atom stereocenters. The first kappa shape index (κ1) is 10.1. The number of nitrogens with one attached hydrogen (secondary N) is 2. The number of benzene rings is 1. The molecule has 0 spiro atoms. The van der Waals surface area contributed by atoms with Gasteiger partial charge in [-0.25, -0.2) is 0 Å². The first-order valence-corrected chi connectivity index (χ1v) is 5.29. The molecule has 2 N–H and O–H groups in total. The van der Waals surface area contributed by atoms with E-state index in [1.807, 2.05) is 37.3 Å². The summed E-state index contributed by atoms with van der Waals surface area (Å²) in [5, 5.41) is 6.10. The summed E-state index contributed by atoms with van der Waals surface area (Å²) >= 11 is 4.97. The van der Waals surface area contributed by atoms with Crippen LogP contribution in [0.25, 0.3) is 0 Å². The third-order valence-electron chi connectivity index (χ3n) is 2.74. The summed E-state index contributed by atoms with van der Waals surface area (Å²) < 4.78 is 0. The van der Waals surface area contributed by atoms with E-state index in [2.05, 4.69) is 10.6 Å². The molecular formula is C11H12N2OS. The molecule has 15 heavy (non-hydrogen) atoms. The van der Waals surface area contributed by atoms with Gasteiger partial charge in [-0.15, -0.1) is 0 Å². The van der Waals surface area contributed by atoms with Gasteiger partial charge in [0.25, 0.3) is 5.91 Å². The fourth-order valence-electron chi connectivity index (χ4n) is 1.87. The molecule has 1 fully saturated rings. The van der Waals surface area contributed by atoms with Crippen LogP contribution >= 0.6 is 12.2 Å². The minimum atomic E-state index is -0.682. The molecule has 1 unspecified atom stereocenters. The standard InChI is InChI=1S/C11H12N2OS/c1-2-11(8-6-4-3-5-7-8)9(14)12-10(15)13-11/h3-7H,2H2,1H3,(H2,12,13,14,15). The lowest BCUT2D eigenvalue weighted by Gasteiger charge is -2.25. The summed E-state index contributed by atoms with van der Waals surface area (Å²) in [6.07, 6.45) is 0.670. The maximum absolute atomic E-state index is 11.9. The van der Waals surface area contributed by atoms with Crippen molar-refractivity contribution in [1.82, 2.24) is 10.6 Å². The van der Waals surface area contributed by atoms with E-state index in [-0.39, 0.29) is 5.91 Å². The SMILES string of the molecule is CCC1(c2ccccc2)NC(=S)NC1=O. The lowest BCUT2D eigenvalue weighted by atomic mass is 9.87. The highest BCUT2D eigenvalue weighted by Gasteiger charge is 2.44. The number of hydrogen-bond donors (Lipinski definition) is 2. The number of carbonyl (C=O) groups is 1. The number of carbonyl (C=O) groups excluding carboxylic acids is 1. The summed E-state index contributed by atoms with van der Waals surface area (Å²) in [6, 6.07) is 9.64. The van der Waals surface area contributed by atoms with Crippen LogP contribution in [0.5, 0.6) is 0 Å². The van der Waals surface area contributed by atoms with E-state index in [0.29, 0.717) is 11.5 Å². The van der Waals surface area contributed by atoms with Gasteiger partial charge in [0, 0.05) is 0 Å². The fraction of sp³-hybridized carbons (Fsp3) is 0.273. The molecule has 4 heteroatoms. The van der Waals surface area contributed by atoms with Crippen LogP contribution in [-0.2, 0) is 10.3 Å². The minimum absolute atomic E-state index is 0.0683. The summed E-state index contributed by atoms with van der Waals surface area (Å²) in [5.41, 5.74) is 0.267. The van der Waals surface area contributed by atoms with Gasteiger partial charge < -0.3 is 10.6 Å². The zero-order valence-corrected chi connectivity index (χ0v) is 9.23. The van der Waals surface area contributed by atoms with Crippen LogP contribution in [-0.4, -0.2) is 11.0 Å². The first-order chi connectivity index (χ1) is 7.19. The smallest absolute Gasteiger partial charge is 0.256 e. The van der Waals surface area contributed by atoms with Crippen molar-refractivity contribution >= 4 is 23.2 Å². The maximum atomic E-state index is 11.9. The summed E-state index contributed by atoms with van der Waals surface area (Å²) in [5.74, 6) is -0.0683. The first-order valence-electron chi connectivity index (χ1n) is 4.88. The fourth-order valence-corrected chi connectivity index (χ4v) is 2.14. The van der Waals surface area contributed by atoms with Crippen molar-refractivity contribution < 1.29 is 4.79 Å². The lowest BCUT2D eigenvalue weighted by Crippen LogP contribution is -2.43. The number of rotatable bonds is 2. The van der Waals surface area contributed by atoms with Crippen LogP contribution < -0.4 is 10.6 Å². The van der Waals surface area contributed by atoms with E-state index in [1.165, 1.54) is 0 Å².